The van der Waals surface area contributed by atoms with Gasteiger partial charge in [-0.05, 0) is 5.56 Å². The Kier molecular flexibility index (Phi) is 4.06. The van der Waals surface area contributed by atoms with Gasteiger partial charge in [0.05, 0.1) is 4.92 Å². The number of non-ortho nitro benzene ring substituents is 1. The normalized spacial score (nSPS) is 16.0. The first-order chi connectivity index (χ1) is 10.6. The number of nitro benzene ring substituents is 1. The minimum absolute atomic E-state index is 0.142. The third-order valence-corrected chi connectivity index (χ3v) is 4.00. The smallest absolute Gasteiger partial charge is 0.269 e. The van der Waals surface area contributed by atoms with Crippen molar-refractivity contribution in [2.45, 2.75) is 6.54 Å². The standard InChI is InChI=1S/C15H19N5O2/c1-17-7-6-16-15(17)19-10-8-18(9-11-19)12-13-2-4-14(5-3-13)20(21)22/h2-7H,8-12H2,1H3. The van der Waals surface area contributed by atoms with Crippen molar-refractivity contribution in [2.24, 2.45) is 7.05 Å². The summed E-state index contributed by atoms with van der Waals surface area (Å²) in [6.07, 6.45) is 3.77. The first-order valence-electron chi connectivity index (χ1n) is 7.31. The van der Waals surface area contributed by atoms with Crippen molar-refractivity contribution in [3.63, 3.8) is 0 Å². The van der Waals surface area contributed by atoms with Crippen molar-refractivity contribution in [2.75, 3.05) is 31.1 Å². The summed E-state index contributed by atoms with van der Waals surface area (Å²) in [5.41, 5.74) is 1.25. The predicted molar refractivity (Wildman–Crippen MR) is 83.8 cm³/mol. The topological polar surface area (TPSA) is 67.4 Å². The van der Waals surface area contributed by atoms with E-state index >= 15 is 0 Å². The Hall–Kier alpha value is -2.41. The largest absolute Gasteiger partial charge is 0.340 e. The Bertz CT molecular complexity index is 644. The quantitative estimate of drug-likeness (QED) is 0.634. The monoisotopic (exact) mass is 301 g/mol. The molecule has 0 N–H and O–H groups in total. The van der Waals surface area contributed by atoms with Crippen molar-refractivity contribution in [1.82, 2.24) is 14.5 Å². The molecule has 2 heterocycles. The van der Waals surface area contributed by atoms with Gasteiger partial charge >= 0.3 is 0 Å². The molecule has 1 aromatic carbocycles. The van der Waals surface area contributed by atoms with Crippen LogP contribution in [-0.4, -0.2) is 45.6 Å². The summed E-state index contributed by atoms with van der Waals surface area (Å²) in [4.78, 5) is 19.3. The third kappa shape index (κ3) is 3.09. The van der Waals surface area contributed by atoms with E-state index in [0.29, 0.717) is 0 Å². The van der Waals surface area contributed by atoms with E-state index in [2.05, 4.69) is 14.8 Å². The lowest BCUT2D eigenvalue weighted by atomic mass is 10.2. The SMILES string of the molecule is Cn1ccnc1N1CCN(Cc2ccc([N+](=O)[O-])cc2)CC1. The summed E-state index contributed by atoms with van der Waals surface area (Å²) in [5.74, 6) is 1.01. The molecule has 0 radical (unpaired) electrons. The van der Waals surface area contributed by atoms with Gasteiger partial charge in [0.25, 0.3) is 5.69 Å². The highest BCUT2D eigenvalue weighted by Crippen LogP contribution is 2.16. The van der Waals surface area contributed by atoms with Crippen LogP contribution < -0.4 is 4.90 Å². The lowest BCUT2D eigenvalue weighted by molar-refractivity contribution is -0.384. The Labute approximate surface area is 128 Å². The predicted octanol–water partition coefficient (Wildman–Crippen LogP) is 1.65. The van der Waals surface area contributed by atoms with Gasteiger partial charge in [-0.25, -0.2) is 4.98 Å². The van der Waals surface area contributed by atoms with Crippen molar-refractivity contribution < 1.29 is 4.92 Å². The summed E-state index contributed by atoms with van der Waals surface area (Å²) in [6.45, 7) is 4.63. The molecular formula is C15H19N5O2. The zero-order chi connectivity index (χ0) is 15.5. The van der Waals surface area contributed by atoms with Gasteiger partial charge in [0.15, 0.2) is 0 Å². The molecule has 0 bridgehead atoms. The van der Waals surface area contributed by atoms with Crippen molar-refractivity contribution in [3.8, 4) is 0 Å². The molecule has 1 aliphatic rings. The number of imidazole rings is 1. The number of hydrogen-bond acceptors (Lipinski definition) is 5. The molecular weight excluding hydrogens is 282 g/mol. The molecule has 0 amide bonds. The van der Waals surface area contributed by atoms with Gasteiger partial charge in [0.1, 0.15) is 0 Å². The fourth-order valence-electron chi connectivity index (χ4n) is 2.75. The van der Waals surface area contributed by atoms with Gasteiger partial charge in [-0.3, -0.25) is 15.0 Å². The fourth-order valence-corrected chi connectivity index (χ4v) is 2.75. The molecule has 0 aliphatic carbocycles. The van der Waals surface area contributed by atoms with Crippen LogP contribution in [0.1, 0.15) is 5.56 Å². The number of piperazine rings is 1. The maximum absolute atomic E-state index is 10.7. The van der Waals surface area contributed by atoms with Crippen LogP contribution in [0.5, 0.6) is 0 Å². The van der Waals surface area contributed by atoms with Gasteiger partial charge in [0, 0.05) is 64.3 Å². The molecule has 0 atom stereocenters. The number of benzene rings is 1. The zero-order valence-electron chi connectivity index (χ0n) is 12.6. The van der Waals surface area contributed by atoms with E-state index in [1.165, 1.54) is 0 Å². The lowest BCUT2D eigenvalue weighted by Crippen LogP contribution is -2.46. The summed E-state index contributed by atoms with van der Waals surface area (Å²) >= 11 is 0. The molecule has 3 rings (SSSR count). The second-order valence-electron chi connectivity index (χ2n) is 5.52. The van der Waals surface area contributed by atoms with E-state index in [9.17, 15) is 10.1 Å². The molecule has 0 saturated carbocycles. The van der Waals surface area contributed by atoms with E-state index in [4.69, 9.17) is 0 Å². The Morgan fingerprint density at radius 2 is 1.86 bits per heavy atom. The second-order valence-corrected chi connectivity index (χ2v) is 5.52. The molecule has 116 valence electrons. The second kappa shape index (κ2) is 6.15. The summed E-state index contributed by atoms with van der Waals surface area (Å²) in [5, 5.41) is 10.7. The summed E-state index contributed by atoms with van der Waals surface area (Å²) in [7, 11) is 2.01. The molecule has 7 heteroatoms. The molecule has 2 aromatic rings. The lowest BCUT2D eigenvalue weighted by Gasteiger charge is -2.35. The fraction of sp³-hybridized carbons (Fsp3) is 0.400. The number of rotatable bonds is 4. The van der Waals surface area contributed by atoms with Crippen LogP contribution in [0.4, 0.5) is 11.6 Å². The van der Waals surface area contributed by atoms with Gasteiger partial charge in [0.2, 0.25) is 5.95 Å². The highest BCUT2D eigenvalue weighted by atomic mass is 16.6. The Morgan fingerprint density at radius 3 is 2.41 bits per heavy atom. The molecule has 7 nitrogen and oxygen atoms in total. The van der Waals surface area contributed by atoms with E-state index in [1.807, 2.05) is 36.1 Å². The van der Waals surface area contributed by atoms with Gasteiger partial charge in [-0.1, -0.05) is 12.1 Å². The minimum atomic E-state index is -0.366. The van der Waals surface area contributed by atoms with Crippen LogP contribution in [0.2, 0.25) is 0 Å². The van der Waals surface area contributed by atoms with Crippen molar-refractivity contribution in [3.05, 3.63) is 52.3 Å². The first kappa shape index (κ1) is 14.5. The van der Waals surface area contributed by atoms with E-state index < -0.39 is 0 Å². The first-order valence-corrected chi connectivity index (χ1v) is 7.31. The van der Waals surface area contributed by atoms with Gasteiger partial charge < -0.3 is 9.47 Å². The summed E-state index contributed by atoms with van der Waals surface area (Å²) in [6, 6.07) is 6.81. The number of aryl methyl sites for hydroxylation is 1. The van der Waals surface area contributed by atoms with Crippen LogP contribution in [0.25, 0.3) is 0 Å². The molecule has 0 unspecified atom stereocenters. The van der Waals surface area contributed by atoms with Crippen LogP contribution in [0, 0.1) is 10.1 Å². The maximum atomic E-state index is 10.7. The number of nitro groups is 1. The van der Waals surface area contributed by atoms with E-state index in [0.717, 1.165) is 44.2 Å². The third-order valence-electron chi connectivity index (χ3n) is 4.00. The Balaban J connectivity index is 1.55. The van der Waals surface area contributed by atoms with E-state index in [1.54, 1.807) is 12.1 Å². The highest BCUT2D eigenvalue weighted by Gasteiger charge is 2.19. The van der Waals surface area contributed by atoms with Crippen LogP contribution in [0.15, 0.2) is 36.7 Å². The minimum Gasteiger partial charge on any atom is -0.340 e. The van der Waals surface area contributed by atoms with Gasteiger partial charge in [-0.2, -0.15) is 0 Å². The van der Waals surface area contributed by atoms with Crippen LogP contribution in [-0.2, 0) is 13.6 Å². The molecule has 1 aliphatic heterocycles. The molecule has 22 heavy (non-hydrogen) atoms. The van der Waals surface area contributed by atoms with Gasteiger partial charge in [-0.15, -0.1) is 0 Å². The molecule has 0 spiro atoms. The number of anilines is 1. The average Bonchev–Trinajstić information content (AvgIpc) is 2.95. The van der Waals surface area contributed by atoms with Crippen molar-refractivity contribution >= 4 is 11.6 Å². The van der Waals surface area contributed by atoms with Crippen LogP contribution >= 0.6 is 0 Å². The number of hydrogen-bond donors (Lipinski definition) is 0. The number of nitrogens with zero attached hydrogens (tertiary/aromatic N) is 5. The highest BCUT2D eigenvalue weighted by molar-refractivity contribution is 5.33. The number of aromatic nitrogens is 2. The Morgan fingerprint density at radius 1 is 1.18 bits per heavy atom. The summed E-state index contributed by atoms with van der Waals surface area (Å²) < 4.78 is 2.03. The van der Waals surface area contributed by atoms with Crippen molar-refractivity contribution in [1.29, 1.82) is 0 Å². The maximum Gasteiger partial charge on any atom is 0.269 e. The van der Waals surface area contributed by atoms with E-state index in [-0.39, 0.29) is 10.6 Å². The molecule has 1 saturated heterocycles. The average molecular weight is 301 g/mol. The molecule has 1 fully saturated rings. The van der Waals surface area contributed by atoms with Crippen LogP contribution in [0.3, 0.4) is 0 Å². The zero-order valence-corrected chi connectivity index (χ0v) is 12.6. The molecule has 1 aromatic heterocycles.